The Kier molecular flexibility index (Phi) is 4.78. The average molecular weight is 263 g/mol. The van der Waals surface area contributed by atoms with E-state index in [1.54, 1.807) is 0 Å². The molecule has 5 heteroatoms. The summed E-state index contributed by atoms with van der Waals surface area (Å²) in [7, 11) is 0. The van der Waals surface area contributed by atoms with Crippen molar-refractivity contribution in [2.75, 3.05) is 13.1 Å². The summed E-state index contributed by atoms with van der Waals surface area (Å²) in [6, 6.07) is 1.96. The van der Waals surface area contributed by atoms with Crippen LogP contribution in [0.15, 0.2) is 0 Å². The van der Waals surface area contributed by atoms with Gasteiger partial charge in [-0.3, -0.25) is 9.59 Å². The predicted molar refractivity (Wildman–Crippen MR) is 69.9 cm³/mol. The van der Waals surface area contributed by atoms with Gasteiger partial charge in [-0.05, 0) is 25.7 Å². The molecule has 1 saturated heterocycles. The van der Waals surface area contributed by atoms with E-state index in [9.17, 15) is 9.59 Å². The maximum absolute atomic E-state index is 12.2. The van der Waals surface area contributed by atoms with Crippen LogP contribution in [-0.2, 0) is 9.59 Å². The number of nitriles is 1. The molecule has 1 saturated carbocycles. The molecule has 2 aliphatic rings. The number of likely N-dealkylation sites (tertiary alicyclic amines) is 1. The Morgan fingerprint density at radius 3 is 2.37 bits per heavy atom. The van der Waals surface area contributed by atoms with Crippen molar-refractivity contribution in [2.45, 2.75) is 51.0 Å². The van der Waals surface area contributed by atoms with Crippen LogP contribution < -0.4 is 5.32 Å². The molecule has 2 amide bonds. The minimum absolute atomic E-state index is 0.0821. The maximum atomic E-state index is 12.2. The molecule has 104 valence electrons. The molecule has 2 fully saturated rings. The molecule has 0 aromatic heterocycles. The summed E-state index contributed by atoms with van der Waals surface area (Å²) in [6.07, 6.45) is 5.95. The number of piperidine rings is 1. The van der Waals surface area contributed by atoms with Crippen LogP contribution in [0.3, 0.4) is 0 Å². The summed E-state index contributed by atoms with van der Waals surface area (Å²) in [5.74, 6) is 0.340. The first kappa shape index (κ1) is 13.9. The van der Waals surface area contributed by atoms with E-state index in [4.69, 9.17) is 5.26 Å². The molecule has 0 bridgehead atoms. The first-order valence-electron chi connectivity index (χ1n) is 7.16. The highest BCUT2D eigenvalue weighted by molar-refractivity contribution is 5.79. The lowest BCUT2D eigenvalue weighted by Crippen LogP contribution is -2.47. The number of amides is 2. The van der Waals surface area contributed by atoms with Crippen molar-refractivity contribution < 1.29 is 9.59 Å². The number of nitrogens with one attached hydrogen (secondary N) is 1. The van der Waals surface area contributed by atoms with Gasteiger partial charge in [-0.25, -0.2) is 0 Å². The van der Waals surface area contributed by atoms with Gasteiger partial charge in [-0.2, -0.15) is 5.26 Å². The summed E-state index contributed by atoms with van der Waals surface area (Å²) in [5, 5.41) is 11.3. The van der Waals surface area contributed by atoms with Gasteiger partial charge >= 0.3 is 0 Å². The standard InChI is InChI=1S/C14H21N3O2/c15-8-5-13(18)16-12-6-9-17(10-7-12)14(19)11-3-1-2-4-11/h11-12H,1-7,9-10H2,(H,16,18). The van der Waals surface area contributed by atoms with Crippen molar-refractivity contribution in [2.24, 2.45) is 5.92 Å². The van der Waals surface area contributed by atoms with Crippen LogP contribution in [-0.4, -0.2) is 35.8 Å². The van der Waals surface area contributed by atoms with Gasteiger partial charge in [-0.15, -0.1) is 0 Å². The van der Waals surface area contributed by atoms with E-state index >= 15 is 0 Å². The second-order valence-corrected chi connectivity index (χ2v) is 5.48. The summed E-state index contributed by atoms with van der Waals surface area (Å²) < 4.78 is 0. The molecule has 0 atom stereocenters. The van der Waals surface area contributed by atoms with Gasteiger partial charge in [0, 0.05) is 25.0 Å². The normalized spacial score (nSPS) is 21.1. The Morgan fingerprint density at radius 1 is 1.16 bits per heavy atom. The molecule has 1 heterocycles. The third-order valence-electron chi connectivity index (χ3n) is 4.12. The average Bonchev–Trinajstić information content (AvgIpc) is 2.93. The van der Waals surface area contributed by atoms with Crippen LogP contribution in [0.5, 0.6) is 0 Å². The van der Waals surface area contributed by atoms with Gasteiger partial charge in [0.05, 0.1) is 6.07 Å². The highest BCUT2D eigenvalue weighted by Crippen LogP contribution is 2.27. The van der Waals surface area contributed by atoms with E-state index in [1.807, 2.05) is 11.0 Å². The summed E-state index contributed by atoms with van der Waals surface area (Å²) in [6.45, 7) is 1.46. The van der Waals surface area contributed by atoms with Crippen molar-refractivity contribution in [1.82, 2.24) is 10.2 Å². The minimum Gasteiger partial charge on any atom is -0.352 e. The van der Waals surface area contributed by atoms with Crippen molar-refractivity contribution in [3.8, 4) is 6.07 Å². The van der Waals surface area contributed by atoms with Crippen LogP contribution >= 0.6 is 0 Å². The highest BCUT2D eigenvalue weighted by atomic mass is 16.2. The van der Waals surface area contributed by atoms with Gasteiger partial charge < -0.3 is 10.2 Å². The van der Waals surface area contributed by atoms with Crippen LogP contribution in [0, 0.1) is 17.2 Å². The lowest BCUT2D eigenvalue weighted by Gasteiger charge is -2.33. The molecule has 0 unspecified atom stereocenters. The SMILES string of the molecule is N#CCC(=O)NC1CCN(C(=O)C2CCCC2)CC1. The molecule has 1 aliphatic heterocycles. The molecule has 1 aliphatic carbocycles. The number of nitrogens with zero attached hydrogens (tertiary/aromatic N) is 2. The Labute approximate surface area is 113 Å². The van der Waals surface area contributed by atoms with Crippen LogP contribution in [0.1, 0.15) is 44.9 Å². The van der Waals surface area contributed by atoms with Crippen LogP contribution in [0.4, 0.5) is 0 Å². The molecule has 1 N–H and O–H groups in total. The van der Waals surface area contributed by atoms with E-state index in [0.717, 1.165) is 38.8 Å². The number of hydrogen-bond acceptors (Lipinski definition) is 3. The third-order valence-corrected chi connectivity index (χ3v) is 4.12. The zero-order chi connectivity index (χ0) is 13.7. The summed E-state index contributed by atoms with van der Waals surface area (Å²) >= 11 is 0. The monoisotopic (exact) mass is 263 g/mol. The molecular formula is C14H21N3O2. The molecule has 0 spiro atoms. The fraction of sp³-hybridized carbons (Fsp3) is 0.786. The van der Waals surface area contributed by atoms with Gasteiger partial charge in [0.2, 0.25) is 11.8 Å². The Morgan fingerprint density at radius 2 is 1.79 bits per heavy atom. The van der Waals surface area contributed by atoms with Gasteiger partial charge in [-0.1, -0.05) is 12.8 Å². The first-order valence-corrected chi connectivity index (χ1v) is 7.16. The third kappa shape index (κ3) is 3.69. The van der Waals surface area contributed by atoms with E-state index in [-0.39, 0.29) is 24.3 Å². The molecule has 19 heavy (non-hydrogen) atoms. The van der Waals surface area contributed by atoms with Gasteiger partial charge in [0.15, 0.2) is 0 Å². The molecular weight excluding hydrogens is 242 g/mol. The fourth-order valence-electron chi connectivity index (χ4n) is 3.03. The number of carbonyl (C=O) groups is 2. The zero-order valence-electron chi connectivity index (χ0n) is 11.2. The number of rotatable bonds is 3. The lowest BCUT2D eigenvalue weighted by molar-refractivity contribution is -0.136. The topological polar surface area (TPSA) is 73.2 Å². The van der Waals surface area contributed by atoms with Crippen molar-refractivity contribution in [3.63, 3.8) is 0 Å². The van der Waals surface area contributed by atoms with Crippen molar-refractivity contribution in [1.29, 1.82) is 5.26 Å². The van der Waals surface area contributed by atoms with Crippen molar-refractivity contribution in [3.05, 3.63) is 0 Å². The van der Waals surface area contributed by atoms with E-state index < -0.39 is 0 Å². The largest absolute Gasteiger partial charge is 0.352 e. The van der Waals surface area contributed by atoms with Gasteiger partial charge in [0.1, 0.15) is 6.42 Å². The quantitative estimate of drug-likeness (QED) is 0.831. The molecule has 0 aromatic carbocycles. The number of carbonyl (C=O) groups excluding carboxylic acids is 2. The Bertz CT molecular complexity index is 375. The molecule has 5 nitrogen and oxygen atoms in total. The van der Waals surface area contributed by atoms with Crippen LogP contribution in [0.2, 0.25) is 0 Å². The molecule has 2 rings (SSSR count). The fourth-order valence-corrected chi connectivity index (χ4v) is 3.03. The van der Waals surface area contributed by atoms with Crippen molar-refractivity contribution >= 4 is 11.8 Å². The lowest BCUT2D eigenvalue weighted by atomic mass is 10.0. The first-order chi connectivity index (χ1) is 9.20. The molecule has 0 aromatic rings. The Hall–Kier alpha value is -1.57. The van der Waals surface area contributed by atoms with E-state index in [1.165, 1.54) is 12.8 Å². The van der Waals surface area contributed by atoms with Crippen LogP contribution in [0.25, 0.3) is 0 Å². The summed E-state index contributed by atoms with van der Waals surface area (Å²) in [5.41, 5.74) is 0. The second kappa shape index (κ2) is 6.55. The number of hydrogen-bond donors (Lipinski definition) is 1. The van der Waals surface area contributed by atoms with E-state index in [0.29, 0.717) is 5.91 Å². The minimum atomic E-state index is -0.205. The highest BCUT2D eigenvalue weighted by Gasteiger charge is 2.30. The zero-order valence-corrected chi connectivity index (χ0v) is 11.2. The predicted octanol–water partition coefficient (Wildman–Crippen LogP) is 1.20. The maximum Gasteiger partial charge on any atom is 0.234 e. The van der Waals surface area contributed by atoms with E-state index in [2.05, 4.69) is 5.32 Å². The van der Waals surface area contributed by atoms with Gasteiger partial charge in [0.25, 0.3) is 0 Å². The Balaban J connectivity index is 1.74. The second-order valence-electron chi connectivity index (χ2n) is 5.48. The smallest absolute Gasteiger partial charge is 0.234 e. The molecule has 0 radical (unpaired) electrons. The summed E-state index contributed by atoms with van der Waals surface area (Å²) in [4.78, 5) is 25.5.